The van der Waals surface area contributed by atoms with E-state index in [1.165, 1.54) is 25.0 Å². The Morgan fingerprint density at radius 1 is 1.50 bits per heavy atom. The molecule has 1 aliphatic carbocycles. The lowest BCUT2D eigenvalue weighted by Gasteiger charge is -2.23. The average Bonchev–Trinajstić information content (AvgIpc) is 2.62. The van der Waals surface area contributed by atoms with Crippen LogP contribution in [0, 0.1) is 12.3 Å². The fourth-order valence-electron chi connectivity index (χ4n) is 2.07. The first-order valence-electron chi connectivity index (χ1n) is 5.65. The molecule has 1 nitrogen and oxygen atoms in total. The molecular formula is C12H21NS. The lowest BCUT2D eigenvalue weighted by molar-refractivity contribution is 0.483. The highest BCUT2D eigenvalue weighted by atomic mass is 32.2. The Kier molecular flexibility index (Phi) is 5.44. The predicted octanol–water partition coefficient (Wildman–Crippen LogP) is 2.66. The van der Waals surface area contributed by atoms with E-state index in [1.54, 1.807) is 0 Å². The summed E-state index contributed by atoms with van der Waals surface area (Å²) < 4.78 is 0. The Bertz CT molecular complexity index is 197. The minimum atomic E-state index is 0.276. The van der Waals surface area contributed by atoms with Gasteiger partial charge >= 0.3 is 0 Å². The zero-order chi connectivity index (χ0) is 10.4. The van der Waals surface area contributed by atoms with E-state index < -0.39 is 0 Å². The lowest BCUT2D eigenvalue weighted by atomic mass is 10.1. The van der Waals surface area contributed by atoms with Gasteiger partial charge in [0.25, 0.3) is 0 Å². The number of rotatable bonds is 5. The summed E-state index contributed by atoms with van der Waals surface area (Å²) >= 11 is 2.08. The largest absolute Gasteiger partial charge is 0.300 e. The summed E-state index contributed by atoms with van der Waals surface area (Å²) in [5.74, 6) is 4.04. The molecule has 2 heteroatoms. The van der Waals surface area contributed by atoms with Gasteiger partial charge in [-0.3, -0.25) is 5.32 Å². The molecule has 80 valence electrons. The van der Waals surface area contributed by atoms with Gasteiger partial charge in [-0.15, -0.1) is 6.42 Å². The third-order valence-corrected chi connectivity index (χ3v) is 4.18. The van der Waals surface area contributed by atoms with Crippen molar-refractivity contribution >= 4 is 11.8 Å². The third-order valence-electron chi connectivity index (χ3n) is 2.86. The van der Waals surface area contributed by atoms with Crippen LogP contribution < -0.4 is 5.32 Å². The van der Waals surface area contributed by atoms with Crippen LogP contribution in [0.3, 0.4) is 0 Å². The molecule has 0 bridgehead atoms. The van der Waals surface area contributed by atoms with Crippen molar-refractivity contribution in [3.05, 3.63) is 0 Å². The maximum absolute atomic E-state index is 5.46. The molecule has 0 aromatic carbocycles. The van der Waals surface area contributed by atoms with Gasteiger partial charge in [-0.25, -0.2) is 0 Å². The number of hydrogen-bond acceptors (Lipinski definition) is 2. The molecular weight excluding hydrogens is 190 g/mol. The van der Waals surface area contributed by atoms with Crippen molar-refractivity contribution < 1.29 is 0 Å². The Balaban J connectivity index is 2.39. The van der Waals surface area contributed by atoms with E-state index in [-0.39, 0.29) is 6.04 Å². The first-order chi connectivity index (χ1) is 6.81. The topological polar surface area (TPSA) is 12.0 Å². The molecule has 0 heterocycles. The van der Waals surface area contributed by atoms with Crippen LogP contribution in [0.15, 0.2) is 0 Å². The van der Waals surface area contributed by atoms with E-state index in [0.29, 0.717) is 6.04 Å². The van der Waals surface area contributed by atoms with Gasteiger partial charge in [-0.2, -0.15) is 11.8 Å². The number of thioether (sulfide) groups is 1. The van der Waals surface area contributed by atoms with Crippen LogP contribution in [0.4, 0.5) is 0 Å². The summed E-state index contributed by atoms with van der Waals surface area (Å²) in [6, 6.07) is 0.930. The summed E-state index contributed by atoms with van der Waals surface area (Å²) in [6.45, 7) is 4.38. The van der Waals surface area contributed by atoms with Gasteiger partial charge in [0.1, 0.15) is 0 Å². The van der Waals surface area contributed by atoms with Gasteiger partial charge in [-0.05, 0) is 25.0 Å². The zero-order valence-electron chi connectivity index (χ0n) is 9.25. The van der Waals surface area contributed by atoms with E-state index in [9.17, 15) is 0 Å². The van der Waals surface area contributed by atoms with Gasteiger partial charge in [0.05, 0.1) is 6.04 Å². The molecule has 1 rings (SSSR count). The fraction of sp³-hybridized carbons (Fsp3) is 0.833. The third kappa shape index (κ3) is 3.22. The Hall–Kier alpha value is -0.130. The van der Waals surface area contributed by atoms with Crippen LogP contribution in [0.2, 0.25) is 0 Å². The van der Waals surface area contributed by atoms with Crippen LogP contribution in [0.1, 0.15) is 39.5 Å². The SMILES string of the molecule is C#CC(CC)NC1CCCC1SCC. The van der Waals surface area contributed by atoms with Crippen molar-refractivity contribution in [1.82, 2.24) is 5.32 Å². The highest BCUT2D eigenvalue weighted by Crippen LogP contribution is 2.30. The van der Waals surface area contributed by atoms with Crippen molar-refractivity contribution in [3.8, 4) is 12.3 Å². The van der Waals surface area contributed by atoms with E-state index in [0.717, 1.165) is 11.7 Å². The summed E-state index contributed by atoms with van der Waals surface area (Å²) in [5.41, 5.74) is 0. The monoisotopic (exact) mass is 211 g/mol. The summed E-state index contributed by atoms with van der Waals surface area (Å²) in [7, 11) is 0. The van der Waals surface area contributed by atoms with Crippen molar-refractivity contribution in [1.29, 1.82) is 0 Å². The second kappa shape index (κ2) is 6.37. The first kappa shape index (κ1) is 11.9. The van der Waals surface area contributed by atoms with Crippen LogP contribution in [0.25, 0.3) is 0 Å². The van der Waals surface area contributed by atoms with Crippen LogP contribution >= 0.6 is 11.8 Å². The highest BCUT2D eigenvalue weighted by molar-refractivity contribution is 7.99. The molecule has 0 saturated heterocycles. The van der Waals surface area contributed by atoms with Gasteiger partial charge < -0.3 is 0 Å². The second-order valence-corrected chi connectivity index (χ2v) is 5.34. The van der Waals surface area contributed by atoms with E-state index in [2.05, 4.69) is 36.8 Å². The summed E-state index contributed by atoms with van der Waals surface area (Å²) in [4.78, 5) is 0. The molecule has 3 atom stereocenters. The quantitative estimate of drug-likeness (QED) is 0.702. The molecule has 14 heavy (non-hydrogen) atoms. The normalized spacial score (nSPS) is 28.6. The molecule has 0 amide bonds. The molecule has 1 fully saturated rings. The van der Waals surface area contributed by atoms with E-state index in [1.807, 2.05) is 0 Å². The minimum Gasteiger partial charge on any atom is -0.300 e. The molecule has 3 unspecified atom stereocenters. The van der Waals surface area contributed by atoms with Crippen LogP contribution in [-0.2, 0) is 0 Å². The molecule has 0 aromatic rings. The zero-order valence-corrected chi connectivity index (χ0v) is 10.1. The summed E-state index contributed by atoms with van der Waals surface area (Å²) in [6.07, 6.45) is 10.5. The lowest BCUT2D eigenvalue weighted by Crippen LogP contribution is -2.40. The van der Waals surface area contributed by atoms with Gasteiger partial charge in [0.2, 0.25) is 0 Å². The highest BCUT2D eigenvalue weighted by Gasteiger charge is 2.27. The summed E-state index contributed by atoms with van der Waals surface area (Å²) in [5, 5.41) is 4.39. The second-order valence-electron chi connectivity index (χ2n) is 3.83. The van der Waals surface area contributed by atoms with Crippen molar-refractivity contribution in [2.45, 2.75) is 56.9 Å². The molecule has 0 spiro atoms. The Labute approximate surface area is 92.4 Å². The van der Waals surface area contributed by atoms with Gasteiger partial charge in [0.15, 0.2) is 0 Å². The van der Waals surface area contributed by atoms with Crippen molar-refractivity contribution in [3.63, 3.8) is 0 Å². The van der Waals surface area contributed by atoms with Crippen LogP contribution in [-0.4, -0.2) is 23.1 Å². The number of hydrogen-bond donors (Lipinski definition) is 1. The van der Waals surface area contributed by atoms with Gasteiger partial charge in [-0.1, -0.05) is 26.2 Å². The standard InChI is InChI=1S/C12H21NS/c1-4-10(5-2)13-11-8-7-9-12(11)14-6-3/h1,10-13H,5-9H2,2-3H3. The van der Waals surface area contributed by atoms with Gasteiger partial charge in [0, 0.05) is 11.3 Å². The van der Waals surface area contributed by atoms with E-state index >= 15 is 0 Å². The number of nitrogens with one attached hydrogen (secondary N) is 1. The maximum Gasteiger partial charge on any atom is 0.0686 e. The molecule has 1 aliphatic rings. The molecule has 1 saturated carbocycles. The van der Waals surface area contributed by atoms with Crippen molar-refractivity contribution in [2.24, 2.45) is 0 Å². The molecule has 0 aromatic heterocycles. The smallest absolute Gasteiger partial charge is 0.0686 e. The van der Waals surface area contributed by atoms with Crippen LogP contribution in [0.5, 0.6) is 0 Å². The Morgan fingerprint density at radius 3 is 2.86 bits per heavy atom. The molecule has 0 aliphatic heterocycles. The average molecular weight is 211 g/mol. The fourth-order valence-corrected chi connectivity index (χ4v) is 3.28. The maximum atomic E-state index is 5.46. The minimum absolute atomic E-state index is 0.276. The molecule has 1 N–H and O–H groups in total. The van der Waals surface area contributed by atoms with Crippen molar-refractivity contribution in [2.75, 3.05) is 5.75 Å². The Morgan fingerprint density at radius 2 is 2.29 bits per heavy atom. The molecule has 0 radical (unpaired) electrons. The number of terminal acetylenes is 1. The van der Waals surface area contributed by atoms with E-state index in [4.69, 9.17) is 6.42 Å². The predicted molar refractivity (Wildman–Crippen MR) is 65.6 cm³/mol. The first-order valence-corrected chi connectivity index (χ1v) is 6.70.